The Kier molecular flexibility index (Phi) is 9.29. The Morgan fingerprint density at radius 2 is 1.09 bits per heavy atom. The third kappa shape index (κ3) is 5.43. The average molecular weight is 576 g/mol. The normalized spacial score (nSPS) is 12.7. The van der Waals surface area contributed by atoms with E-state index in [9.17, 15) is 0 Å². The topological polar surface area (TPSA) is 12.4 Å². The van der Waals surface area contributed by atoms with Crippen LogP contribution >= 0.6 is 11.3 Å². The van der Waals surface area contributed by atoms with Crippen molar-refractivity contribution >= 4 is 43.3 Å². The number of thiophene rings is 1. The van der Waals surface area contributed by atoms with E-state index in [1.165, 1.54) is 48.0 Å². The molecule has 0 unspecified atom stereocenters. The zero-order valence-electron chi connectivity index (χ0n) is 25.4. The van der Waals surface area contributed by atoms with Crippen LogP contribution in [0.4, 0.5) is 0 Å². The molecule has 0 aliphatic heterocycles. The Bertz CT molecular complexity index is 1990. The first-order valence-electron chi connectivity index (χ1n) is 15.0. The number of hydrogen-bond donors (Lipinski definition) is 0. The molecule has 0 atom stereocenters. The highest BCUT2D eigenvalue weighted by molar-refractivity contribution is 7.26. The van der Waals surface area contributed by atoms with Crippen LogP contribution in [-0.2, 0) is 0 Å². The zero-order valence-corrected chi connectivity index (χ0v) is 26.2. The molecule has 1 aromatic heterocycles. The summed E-state index contributed by atoms with van der Waals surface area (Å²) in [7, 11) is 0. The van der Waals surface area contributed by atoms with Crippen molar-refractivity contribution in [3.05, 3.63) is 151 Å². The fourth-order valence-corrected chi connectivity index (χ4v) is 7.06. The van der Waals surface area contributed by atoms with Crippen LogP contribution in [0.25, 0.3) is 59.6 Å². The Balaban J connectivity index is 0.000000885. The summed E-state index contributed by atoms with van der Waals surface area (Å²) in [6, 6.07) is 39.2. The van der Waals surface area contributed by atoms with Gasteiger partial charge in [0.1, 0.15) is 0 Å². The standard InChI is InChI=1S/C37H25NS.2C2H6/c1-3-38-35-24(2)22-23-26-14-9-18-30(34(26)35)28-15-7-8-16-29(28)31-19-11-21-33-32-20-10-17-27(36(32)39-37(31)33)25-12-5-4-6-13-25;2*1-2/h3-23H,1-2H2;2*1-2H3. The minimum absolute atomic E-state index is 0.875. The Hall–Kier alpha value is -4.79. The number of aliphatic imine (C=N–C) groups is 1. The van der Waals surface area contributed by atoms with Gasteiger partial charge in [-0.05, 0) is 39.0 Å². The molecule has 7 rings (SSSR count). The van der Waals surface area contributed by atoms with Crippen LogP contribution in [0, 0.1) is 0 Å². The minimum atomic E-state index is 0.875. The lowest BCUT2D eigenvalue weighted by atomic mass is 9.84. The van der Waals surface area contributed by atoms with Gasteiger partial charge in [-0.1, -0.05) is 162 Å². The number of hydrogen-bond acceptors (Lipinski definition) is 2. The Labute approximate surface area is 259 Å². The summed E-state index contributed by atoms with van der Waals surface area (Å²) in [4.78, 5) is 4.64. The molecule has 1 aliphatic rings. The van der Waals surface area contributed by atoms with E-state index < -0.39 is 0 Å². The lowest BCUT2D eigenvalue weighted by Crippen LogP contribution is -2.10. The fourth-order valence-electron chi connectivity index (χ4n) is 5.70. The van der Waals surface area contributed by atoms with E-state index >= 15 is 0 Å². The number of nitrogens with zero attached hydrogens (tertiary/aromatic N) is 1. The lowest BCUT2D eigenvalue weighted by Gasteiger charge is -2.21. The molecule has 1 aliphatic carbocycles. The average Bonchev–Trinajstić information content (AvgIpc) is 3.47. The molecule has 43 heavy (non-hydrogen) atoms. The van der Waals surface area contributed by atoms with E-state index in [0.29, 0.717) is 0 Å². The van der Waals surface area contributed by atoms with E-state index in [-0.39, 0.29) is 0 Å². The van der Waals surface area contributed by atoms with Gasteiger partial charge in [0, 0.05) is 37.5 Å². The zero-order chi connectivity index (χ0) is 30.3. The number of benzene rings is 5. The van der Waals surface area contributed by atoms with E-state index in [0.717, 1.165) is 28.0 Å². The maximum Gasteiger partial charge on any atom is 0.0780 e. The molecule has 0 spiro atoms. The van der Waals surface area contributed by atoms with Gasteiger partial charge in [0.15, 0.2) is 0 Å². The molecular formula is C41H37NS. The summed E-state index contributed by atoms with van der Waals surface area (Å²) in [5.74, 6) is 0. The number of fused-ring (bicyclic) bond motifs is 4. The molecule has 0 radical (unpaired) electrons. The van der Waals surface area contributed by atoms with Crippen molar-refractivity contribution in [1.29, 1.82) is 0 Å². The highest BCUT2D eigenvalue weighted by Crippen LogP contribution is 2.46. The third-order valence-corrected chi connectivity index (χ3v) is 8.73. The van der Waals surface area contributed by atoms with Gasteiger partial charge < -0.3 is 0 Å². The molecule has 212 valence electrons. The van der Waals surface area contributed by atoms with Gasteiger partial charge in [-0.25, -0.2) is 0 Å². The second-order valence-corrected chi connectivity index (χ2v) is 10.7. The van der Waals surface area contributed by atoms with Gasteiger partial charge in [0.25, 0.3) is 0 Å². The van der Waals surface area contributed by atoms with Crippen molar-refractivity contribution in [1.82, 2.24) is 0 Å². The monoisotopic (exact) mass is 575 g/mol. The lowest BCUT2D eigenvalue weighted by molar-refractivity contribution is 1.48. The fraction of sp³-hybridized carbons (Fsp3) is 0.0976. The molecule has 0 N–H and O–H groups in total. The predicted molar refractivity (Wildman–Crippen MR) is 193 cm³/mol. The van der Waals surface area contributed by atoms with Crippen molar-refractivity contribution < 1.29 is 0 Å². The van der Waals surface area contributed by atoms with Crippen molar-refractivity contribution in [2.75, 3.05) is 0 Å². The number of allylic oxidation sites excluding steroid dienone is 2. The van der Waals surface area contributed by atoms with Gasteiger partial charge in [0.2, 0.25) is 0 Å². The maximum atomic E-state index is 4.64. The minimum Gasteiger partial charge on any atom is -0.256 e. The summed E-state index contributed by atoms with van der Waals surface area (Å²) in [5, 5.41) is 2.59. The molecule has 0 saturated heterocycles. The SMILES string of the molecule is C=CN=C1C(=C)C=Cc2cccc(-c3ccccc3-c3cccc4c3sc3c(-c5ccccc5)cccc34)c21.CC.CC. The van der Waals surface area contributed by atoms with Gasteiger partial charge in [-0.15, -0.1) is 11.3 Å². The van der Waals surface area contributed by atoms with Crippen LogP contribution < -0.4 is 0 Å². The Morgan fingerprint density at radius 3 is 1.77 bits per heavy atom. The Morgan fingerprint density at radius 1 is 0.558 bits per heavy atom. The third-order valence-electron chi connectivity index (χ3n) is 7.44. The molecule has 1 heterocycles. The second kappa shape index (κ2) is 13.5. The van der Waals surface area contributed by atoms with Gasteiger partial charge in [-0.2, -0.15) is 0 Å². The highest BCUT2D eigenvalue weighted by atomic mass is 32.1. The van der Waals surface area contributed by atoms with Crippen molar-refractivity contribution in [2.24, 2.45) is 4.99 Å². The summed E-state index contributed by atoms with van der Waals surface area (Å²) < 4.78 is 2.62. The first kappa shape index (κ1) is 29.7. The molecule has 5 aromatic carbocycles. The summed E-state index contributed by atoms with van der Waals surface area (Å²) >= 11 is 1.88. The van der Waals surface area contributed by atoms with Crippen LogP contribution in [0.2, 0.25) is 0 Å². The van der Waals surface area contributed by atoms with Gasteiger partial charge in [-0.3, -0.25) is 4.99 Å². The van der Waals surface area contributed by atoms with Crippen molar-refractivity contribution in [2.45, 2.75) is 27.7 Å². The van der Waals surface area contributed by atoms with E-state index in [1.54, 1.807) is 6.20 Å². The van der Waals surface area contributed by atoms with Crippen LogP contribution in [-0.4, -0.2) is 5.71 Å². The maximum absolute atomic E-state index is 4.64. The van der Waals surface area contributed by atoms with E-state index in [4.69, 9.17) is 0 Å². The molecule has 1 nitrogen and oxygen atoms in total. The van der Waals surface area contributed by atoms with Crippen molar-refractivity contribution in [3.63, 3.8) is 0 Å². The van der Waals surface area contributed by atoms with E-state index in [2.05, 4.69) is 133 Å². The molecule has 6 aromatic rings. The van der Waals surface area contributed by atoms with Gasteiger partial charge >= 0.3 is 0 Å². The molecule has 0 saturated carbocycles. The van der Waals surface area contributed by atoms with E-state index in [1.807, 2.05) is 45.1 Å². The molecule has 0 fully saturated rings. The summed E-state index contributed by atoms with van der Waals surface area (Å²) in [6.45, 7) is 16.1. The van der Waals surface area contributed by atoms with Gasteiger partial charge in [0.05, 0.1) is 5.71 Å². The smallest absolute Gasteiger partial charge is 0.0780 e. The van der Waals surface area contributed by atoms with Crippen LogP contribution in [0.15, 0.2) is 145 Å². The second-order valence-electron chi connectivity index (χ2n) is 9.67. The molecular weight excluding hydrogens is 539 g/mol. The molecule has 2 heteroatoms. The largest absolute Gasteiger partial charge is 0.256 e. The first-order valence-corrected chi connectivity index (χ1v) is 15.8. The van der Waals surface area contributed by atoms with Crippen LogP contribution in [0.3, 0.4) is 0 Å². The van der Waals surface area contributed by atoms with Crippen LogP contribution in [0.1, 0.15) is 38.8 Å². The highest BCUT2D eigenvalue weighted by Gasteiger charge is 2.22. The van der Waals surface area contributed by atoms with Crippen molar-refractivity contribution in [3.8, 4) is 33.4 Å². The molecule has 0 bridgehead atoms. The number of rotatable bonds is 4. The first-order chi connectivity index (χ1) is 21.2. The quantitative estimate of drug-likeness (QED) is 0.198. The summed E-state index contributed by atoms with van der Waals surface area (Å²) in [6.07, 6.45) is 5.76. The predicted octanol–water partition coefficient (Wildman–Crippen LogP) is 12.6. The summed E-state index contributed by atoms with van der Waals surface area (Å²) in [5.41, 5.74) is 11.3. The van der Waals surface area contributed by atoms with Crippen LogP contribution in [0.5, 0.6) is 0 Å². The molecule has 0 amide bonds.